The van der Waals surface area contributed by atoms with Gasteiger partial charge < -0.3 is 10.2 Å². The first-order valence-electron chi connectivity index (χ1n) is 6.18. The third-order valence-electron chi connectivity index (χ3n) is 3.31. The SMILES string of the molecule is C=CC1CCN(c2ccc(C(=O)NC)nn2)CC1. The van der Waals surface area contributed by atoms with Crippen molar-refractivity contribution in [1.29, 1.82) is 0 Å². The van der Waals surface area contributed by atoms with E-state index in [0.29, 0.717) is 11.6 Å². The number of rotatable bonds is 3. The van der Waals surface area contributed by atoms with Gasteiger partial charge in [0.05, 0.1) is 0 Å². The minimum Gasteiger partial charge on any atom is -0.355 e. The second kappa shape index (κ2) is 5.62. The van der Waals surface area contributed by atoms with Crippen LogP contribution in [0.25, 0.3) is 0 Å². The number of allylic oxidation sites excluding steroid dienone is 1. The van der Waals surface area contributed by atoms with E-state index in [4.69, 9.17) is 0 Å². The molecule has 0 aromatic carbocycles. The van der Waals surface area contributed by atoms with Crippen molar-refractivity contribution in [3.63, 3.8) is 0 Å². The van der Waals surface area contributed by atoms with E-state index in [0.717, 1.165) is 31.7 Å². The van der Waals surface area contributed by atoms with Gasteiger partial charge in [0.25, 0.3) is 5.91 Å². The number of nitrogens with one attached hydrogen (secondary N) is 1. The Bertz CT molecular complexity index is 421. The first-order valence-corrected chi connectivity index (χ1v) is 6.18. The predicted octanol–water partition coefficient (Wildman–Crippen LogP) is 1.24. The molecule has 5 nitrogen and oxygen atoms in total. The number of nitrogens with zero attached hydrogens (tertiary/aromatic N) is 3. The highest BCUT2D eigenvalue weighted by atomic mass is 16.1. The van der Waals surface area contributed by atoms with Crippen LogP contribution in [0.2, 0.25) is 0 Å². The third kappa shape index (κ3) is 2.67. The molecule has 2 rings (SSSR count). The van der Waals surface area contributed by atoms with Crippen molar-refractivity contribution in [3.05, 3.63) is 30.5 Å². The molecular weight excluding hydrogens is 228 g/mol. The average Bonchev–Trinajstić information content (AvgIpc) is 2.47. The second-order valence-electron chi connectivity index (χ2n) is 4.42. The van der Waals surface area contributed by atoms with Gasteiger partial charge in [0.15, 0.2) is 11.5 Å². The molecule has 1 aliphatic rings. The number of anilines is 1. The maximum atomic E-state index is 11.3. The molecule has 1 aromatic rings. The van der Waals surface area contributed by atoms with E-state index in [9.17, 15) is 4.79 Å². The second-order valence-corrected chi connectivity index (χ2v) is 4.42. The minimum absolute atomic E-state index is 0.209. The summed E-state index contributed by atoms with van der Waals surface area (Å²) >= 11 is 0. The largest absolute Gasteiger partial charge is 0.355 e. The van der Waals surface area contributed by atoms with Gasteiger partial charge in [0, 0.05) is 20.1 Å². The van der Waals surface area contributed by atoms with Crippen LogP contribution >= 0.6 is 0 Å². The fourth-order valence-corrected chi connectivity index (χ4v) is 2.11. The summed E-state index contributed by atoms with van der Waals surface area (Å²) in [6.07, 6.45) is 4.22. The van der Waals surface area contributed by atoms with E-state index in [2.05, 4.69) is 27.0 Å². The topological polar surface area (TPSA) is 58.1 Å². The van der Waals surface area contributed by atoms with E-state index >= 15 is 0 Å². The van der Waals surface area contributed by atoms with Crippen LogP contribution in [-0.4, -0.2) is 36.2 Å². The Morgan fingerprint density at radius 1 is 1.44 bits per heavy atom. The van der Waals surface area contributed by atoms with Crippen LogP contribution in [0.15, 0.2) is 24.8 Å². The van der Waals surface area contributed by atoms with Gasteiger partial charge in [0.1, 0.15) is 0 Å². The highest BCUT2D eigenvalue weighted by Gasteiger charge is 2.18. The number of piperidine rings is 1. The van der Waals surface area contributed by atoms with E-state index < -0.39 is 0 Å². The van der Waals surface area contributed by atoms with Crippen molar-refractivity contribution in [2.45, 2.75) is 12.8 Å². The Kier molecular flexibility index (Phi) is 3.92. The highest BCUT2D eigenvalue weighted by Crippen LogP contribution is 2.21. The lowest BCUT2D eigenvalue weighted by molar-refractivity contribution is 0.0957. The lowest BCUT2D eigenvalue weighted by Crippen LogP contribution is -2.34. The van der Waals surface area contributed by atoms with E-state index in [1.165, 1.54) is 0 Å². The fourth-order valence-electron chi connectivity index (χ4n) is 2.11. The molecular formula is C13H18N4O. The first-order chi connectivity index (χ1) is 8.74. The molecule has 96 valence electrons. The number of hydrogen-bond donors (Lipinski definition) is 1. The van der Waals surface area contributed by atoms with Crippen LogP contribution < -0.4 is 10.2 Å². The molecule has 1 N–H and O–H groups in total. The summed E-state index contributed by atoms with van der Waals surface area (Å²) in [5, 5.41) is 10.6. The van der Waals surface area contributed by atoms with Crippen LogP contribution in [0.1, 0.15) is 23.3 Å². The molecule has 0 unspecified atom stereocenters. The van der Waals surface area contributed by atoms with Crippen molar-refractivity contribution < 1.29 is 4.79 Å². The molecule has 0 spiro atoms. The summed E-state index contributed by atoms with van der Waals surface area (Å²) in [6, 6.07) is 3.56. The van der Waals surface area contributed by atoms with Crippen LogP contribution in [0.3, 0.4) is 0 Å². The fraction of sp³-hybridized carbons (Fsp3) is 0.462. The Morgan fingerprint density at radius 3 is 2.67 bits per heavy atom. The maximum absolute atomic E-state index is 11.3. The number of aromatic nitrogens is 2. The Labute approximate surface area is 107 Å². The van der Waals surface area contributed by atoms with Gasteiger partial charge in [-0.15, -0.1) is 16.8 Å². The van der Waals surface area contributed by atoms with Crippen molar-refractivity contribution in [2.24, 2.45) is 5.92 Å². The van der Waals surface area contributed by atoms with E-state index in [1.807, 2.05) is 12.1 Å². The van der Waals surface area contributed by atoms with Gasteiger partial charge in [-0.25, -0.2) is 0 Å². The molecule has 0 bridgehead atoms. The Hall–Kier alpha value is -1.91. The zero-order valence-corrected chi connectivity index (χ0v) is 10.6. The van der Waals surface area contributed by atoms with Gasteiger partial charge >= 0.3 is 0 Å². The van der Waals surface area contributed by atoms with Gasteiger partial charge in [-0.1, -0.05) is 6.08 Å². The molecule has 0 aliphatic carbocycles. The molecule has 0 radical (unpaired) electrons. The normalized spacial score (nSPS) is 16.4. The molecule has 0 saturated carbocycles. The monoisotopic (exact) mass is 246 g/mol. The summed E-state index contributed by atoms with van der Waals surface area (Å²) in [7, 11) is 1.58. The van der Waals surface area contributed by atoms with Crippen molar-refractivity contribution >= 4 is 11.7 Å². The van der Waals surface area contributed by atoms with Crippen LogP contribution in [0.4, 0.5) is 5.82 Å². The minimum atomic E-state index is -0.209. The van der Waals surface area contributed by atoms with Gasteiger partial charge in [-0.05, 0) is 30.9 Å². The zero-order chi connectivity index (χ0) is 13.0. The predicted molar refractivity (Wildman–Crippen MR) is 70.6 cm³/mol. The molecule has 1 aromatic heterocycles. The number of carbonyl (C=O) groups is 1. The molecule has 1 saturated heterocycles. The highest BCUT2D eigenvalue weighted by molar-refractivity contribution is 5.91. The first kappa shape index (κ1) is 12.5. The smallest absolute Gasteiger partial charge is 0.271 e. The molecule has 1 aliphatic heterocycles. The van der Waals surface area contributed by atoms with Crippen molar-refractivity contribution in [2.75, 3.05) is 25.0 Å². The molecule has 0 atom stereocenters. The average molecular weight is 246 g/mol. The van der Waals surface area contributed by atoms with Crippen molar-refractivity contribution in [3.8, 4) is 0 Å². The standard InChI is InChI=1S/C13H18N4O/c1-3-10-6-8-17(9-7-10)12-5-4-11(15-16-12)13(18)14-2/h3-5,10H,1,6-9H2,2H3,(H,14,18). The van der Waals surface area contributed by atoms with Crippen LogP contribution in [-0.2, 0) is 0 Å². The number of hydrogen-bond acceptors (Lipinski definition) is 4. The Morgan fingerprint density at radius 2 is 2.17 bits per heavy atom. The molecule has 2 heterocycles. The lowest BCUT2D eigenvalue weighted by Gasteiger charge is -2.31. The quantitative estimate of drug-likeness (QED) is 0.815. The molecule has 1 amide bonds. The molecule has 5 heteroatoms. The molecule has 18 heavy (non-hydrogen) atoms. The summed E-state index contributed by atoms with van der Waals surface area (Å²) in [4.78, 5) is 13.5. The van der Waals surface area contributed by atoms with Gasteiger partial charge in [-0.3, -0.25) is 4.79 Å². The van der Waals surface area contributed by atoms with E-state index in [-0.39, 0.29) is 5.91 Å². The summed E-state index contributed by atoms with van der Waals surface area (Å²) in [6.45, 7) is 5.76. The zero-order valence-electron chi connectivity index (χ0n) is 10.6. The number of carbonyl (C=O) groups excluding carboxylic acids is 1. The number of amides is 1. The Balaban J connectivity index is 2.02. The summed E-state index contributed by atoms with van der Waals surface area (Å²) in [5.41, 5.74) is 0.349. The summed E-state index contributed by atoms with van der Waals surface area (Å²) < 4.78 is 0. The van der Waals surface area contributed by atoms with Crippen LogP contribution in [0, 0.1) is 5.92 Å². The molecule has 1 fully saturated rings. The third-order valence-corrected chi connectivity index (χ3v) is 3.31. The van der Waals surface area contributed by atoms with Crippen LogP contribution in [0.5, 0.6) is 0 Å². The lowest BCUT2D eigenvalue weighted by atomic mass is 9.97. The summed E-state index contributed by atoms with van der Waals surface area (Å²) in [5.74, 6) is 1.24. The van der Waals surface area contributed by atoms with Crippen molar-refractivity contribution in [1.82, 2.24) is 15.5 Å². The van der Waals surface area contributed by atoms with E-state index in [1.54, 1.807) is 13.1 Å². The maximum Gasteiger partial charge on any atom is 0.271 e. The van der Waals surface area contributed by atoms with Gasteiger partial charge in [0.2, 0.25) is 0 Å². The van der Waals surface area contributed by atoms with Gasteiger partial charge in [-0.2, -0.15) is 0 Å².